The number of aliphatic hydroxyl groups is 1. The molecule has 0 saturated heterocycles. The molecule has 0 bridgehead atoms. The van der Waals surface area contributed by atoms with E-state index in [1.165, 1.54) is 23.1 Å². The van der Waals surface area contributed by atoms with E-state index in [-0.39, 0.29) is 23.2 Å². The van der Waals surface area contributed by atoms with Crippen LogP contribution in [0.5, 0.6) is 5.75 Å². The third-order valence-corrected chi connectivity index (χ3v) is 4.62. The number of carbonyl (C=O) groups excluding carboxylic acids is 1. The van der Waals surface area contributed by atoms with Crippen molar-refractivity contribution in [2.75, 3.05) is 13.7 Å². The van der Waals surface area contributed by atoms with Gasteiger partial charge in [-0.1, -0.05) is 23.7 Å². The number of aromatic amines is 1. The molecule has 3 aromatic rings. The van der Waals surface area contributed by atoms with Gasteiger partial charge in [0.05, 0.1) is 23.9 Å². The summed E-state index contributed by atoms with van der Waals surface area (Å²) < 4.78 is 18.5. The lowest BCUT2D eigenvalue weighted by atomic mass is 10.1. The van der Waals surface area contributed by atoms with Gasteiger partial charge in [0, 0.05) is 18.7 Å². The monoisotopic (exact) mass is 417 g/mol. The molecule has 1 unspecified atom stereocenters. The number of hydrogen-bond acceptors (Lipinski definition) is 4. The van der Waals surface area contributed by atoms with E-state index < -0.39 is 11.9 Å². The molecule has 29 heavy (non-hydrogen) atoms. The summed E-state index contributed by atoms with van der Waals surface area (Å²) in [6.45, 7) is 2.08. The third-order valence-electron chi connectivity index (χ3n) is 4.33. The Morgan fingerprint density at radius 1 is 1.28 bits per heavy atom. The zero-order valence-electron chi connectivity index (χ0n) is 16.0. The quantitative estimate of drug-likeness (QED) is 0.611. The Kier molecular flexibility index (Phi) is 6.51. The summed E-state index contributed by atoms with van der Waals surface area (Å²) in [5.41, 5.74) is 2.21. The molecule has 6 nitrogen and oxygen atoms in total. The van der Waals surface area contributed by atoms with E-state index in [2.05, 4.69) is 10.2 Å². The Balaban J connectivity index is 1.81. The van der Waals surface area contributed by atoms with Crippen molar-refractivity contribution in [1.29, 1.82) is 0 Å². The fraction of sp³-hybridized carbons (Fsp3) is 0.238. The molecule has 1 atom stereocenters. The van der Waals surface area contributed by atoms with Crippen LogP contribution in [0.3, 0.4) is 0 Å². The molecule has 1 aromatic heterocycles. The zero-order valence-corrected chi connectivity index (χ0v) is 16.8. The van der Waals surface area contributed by atoms with E-state index in [4.69, 9.17) is 16.3 Å². The van der Waals surface area contributed by atoms with Crippen molar-refractivity contribution in [3.05, 3.63) is 70.6 Å². The van der Waals surface area contributed by atoms with Crippen LogP contribution >= 0.6 is 11.6 Å². The van der Waals surface area contributed by atoms with Crippen LogP contribution in [0.1, 0.15) is 23.0 Å². The molecule has 152 valence electrons. The molecule has 0 fully saturated rings. The van der Waals surface area contributed by atoms with Crippen LogP contribution in [-0.4, -0.2) is 45.9 Å². The summed E-state index contributed by atoms with van der Waals surface area (Å²) in [5.74, 6) is -0.114. The number of aromatic nitrogens is 2. The lowest BCUT2D eigenvalue weighted by molar-refractivity contribution is 0.0625. The van der Waals surface area contributed by atoms with Crippen LogP contribution in [0.15, 0.2) is 48.5 Å². The predicted octanol–water partition coefficient (Wildman–Crippen LogP) is 3.90. The van der Waals surface area contributed by atoms with Crippen LogP contribution in [0.2, 0.25) is 5.02 Å². The minimum Gasteiger partial charge on any atom is -0.497 e. The van der Waals surface area contributed by atoms with Crippen LogP contribution in [0, 0.1) is 5.82 Å². The second-order valence-electron chi connectivity index (χ2n) is 6.68. The van der Waals surface area contributed by atoms with Crippen molar-refractivity contribution in [3.8, 4) is 17.0 Å². The predicted molar refractivity (Wildman–Crippen MR) is 108 cm³/mol. The minimum atomic E-state index is -0.699. The maximum atomic E-state index is 13.4. The maximum Gasteiger partial charge on any atom is 0.272 e. The normalized spacial score (nSPS) is 11.9. The standard InChI is InChI=1S/C21H21ClFN3O3/c1-13(27)11-26(12-14-3-6-16(29-2)7-4-14)21(28)20-10-19(24-25-20)15-5-8-18(23)17(22)9-15/h3-10,13,27H,11-12H2,1-2H3,(H,24,25). The van der Waals surface area contributed by atoms with Gasteiger partial charge in [-0.15, -0.1) is 0 Å². The highest BCUT2D eigenvalue weighted by Crippen LogP contribution is 2.24. The summed E-state index contributed by atoms with van der Waals surface area (Å²) in [6.07, 6.45) is -0.699. The van der Waals surface area contributed by atoms with E-state index in [0.717, 1.165) is 11.3 Å². The van der Waals surface area contributed by atoms with Crippen molar-refractivity contribution in [1.82, 2.24) is 15.1 Å². The number of benzene rings is 2. The first-order chi connectivity index (χ1) is 13.9. The Hall–Kier alpha value is -2.90. The number of rotatable bonds is 7. The molecule has 0 aliphatic heterocycles. The summed E-state index contributed by atoms with van der Waals surface area (Å²) in [7, 11) is 1.59. The highest BCUT2D eigenvalue weighted by molar-refractivity contribution is 6.31. The molecule has 8 heteroatoms. The van der Waals surface area contributed by atoms with Crippen molar-refractivity contribution in [2.45, 2.75) is 19.6 Å². The highest BCUT2D eigenvalue weighted by atomic mass is 35.5. The summed E-state index contributed by atoms with van der Waals surface area (Å²) >= 11 is 5.83. The number of carbonyl (C=O) groups is 1. The Bertz CT molecular complexity index is 989. The van der Waals surface area contributed by atoms with Crippen molar-refractivity contribution >= 4 is 17.5 Å². The molecule has 2 N–H and O–H groups in total. The molecule has 0 saturated carbocycles. The number of nitrogens with one attached hydrogen (secondary N) is 1. The van der Waals surface area contributed by atoms with Gasteiger partial charge in [0.25, 0.3) is 5.91 Å². The number of halogens is 2. The van der Waals surface area contributed by atoms with Crippen LogP contribution in [-0.2, 0) is 6.54 Å². The van der Waals surface area contributed by atoms with Crippen molar-refractivity contribution in [3.63, 3.8) is 0 Å². The largest absolute Gasteiger partial charge is 0.497 e. The number of aliphatic hydroxyl groups excluding tert-OH is 1. The van der Waals surface area contributed by atoms with Gasteiger partial charge in [-0.2, -0.15) is 5.10 Å². The third kappa shape index (κ3) is 5.13. The first-order valence-electron chi connectivity index (χ1n) is 8.98. The molecule has 0 radical (unpaired) electrons. The second kappa shape index (κ2) is 9.07. The Morgan fingerprint density at radius 2 is 2.00 bits per heavy atom. The molecular formula is C21H21ClFN3O3. The number of methoxy groups -OCH3 is 1. The van der Waals surface area contributed by atoms with Crippen molar-refractivity contribution in [2.24, 2.45) is 0 Å². The number of nitrogens with zero attached hydrogens (tertiary/aromatic N) is 2. The molecule has 0 spiro atoms. The second-order valence-corrected chi connectivity index (χ2v) is 7.09. The highest BCUT2D eigenvalue weighted by Gasteiger charge is 2.21. The molecule has 3 rings (SSSR count). The summed E-state index contributed by atoms with van der Waals surface area (Å²) in [6, 6.07) is 13.2. The molecular weight excluding hydrogens is 397 g/mol. The van der Waals surface area contributed by atoms with Crippen LogP contribution < -0.4 is 4.74 Å². The molecule has 1 heterocycles. The molecule has 0 aliphatic rings. The van der Waals surface area contributed by atoms with Gasteiger partial charge >= 0.3 is 0 Å². The number of ether oxygens (including phenoxy) is 1. The zero-order chi connectivity index (χ0) is 21.0. The topological polar surface area (TPSA) is 78.5 Å². The van der Waals surface area contributed by atoms with E-state index in [1.54, 1.807) is 20.1 Å². The van der Waals surface area contributed by atoms with Gasteiger partial charge in [-0.3, -0.25) is 9.89 Å². The van der Waals surface area contributed by atoms with E-state index >= 15 is 0 Å². The number of hydrogen-bond donors (Lipinski definition) is 2. The first-order valence-corrected chi connectivity index (χ1v) is 9.36. The van der Waals surface area contributed by atoms with Gasteiger partial charge in [-0.05, 0) is 48.9 Å². The molecule has 2 aromatic carbocycles. The van der Waals surface area contributed by atoms with Crippen molar-refractivity contribution < 1.29 is 19.0 Å². The van der Waals surface area contributed by atoms with Gasteiger partial charge in [0.15, 0.2) is 0 Å². The average Bonchev–Trinajstić information content (AvgIpc) is 3.19. The van der Waals surface area contributed by atoms with Crippen LogP contribution in [0.25, 0.3) is 11.3 Å². The SMILES string of the molecule is COc1ccc(CN(CC(C)O)C(=O)c2cc(-c3ccc(F)c(Cl)c3)n[nH]2)cc1. The van der Waals surface area contributed by atoms with Gasteiger partial charge in [0.1, 0.15) is 17.3 Å². The lowest BCUT2D eigenvalue weighted by Gasteiger charge is -2.23. The van der Waals surface area contributed by atoms with E-state index in [9.17, 15) is 14.3 Å². The average molecular weight is 418 g/mol. The first kappa shape index (κ1) is 20.8. The van der Waals surface area contributed by atoms with Crippen LogP contribution in [0.4, 0.5) is 4.39 Å². The molecule has 1 amide bonds. The number of H-pyrrole nitrogens is 1. The van der Waals surface area contributed by atoms with Gasteiger partial charge < -0.3 is 14.7 Å². The van der Waals surface area contributed by atoms with E-state index in [1.807, 2.05) is 24.3 Å². The smallest absolute Gasteiger partial charge is 0.272 e. The fourth-order valence-corrected chi connectivity index (χ4v) is 3.08. The van der Waals surface area contributed by atoms with Gasteiger partial charge in [-0.25, -0.2) is 4.39 Å². The Labute approximate surface area is 172 Å². The molecule has 0 aliphatic carbocycles. The number of amides is 1. The lowest BCUT2D eigenvalue weighted by Crippen LogP contribution is -2.36. The Morgan fingerprint density at radius 3 is 2.62 bits per heavy atom. The van der Waals surface area contributed by atoms with Gasteiger partial charge in [0.2, 0.25) is 0 Å². The summed E-state index contributed by atoms with van der Waals surface area (Å²) in [4.78, 5) is 14.5. The minimum absolute atomic E-state index is 0.0198. The summed E-state index contributed by atoms with van der Waals surface area (Å²) in [5, 5.41) is 16.7. The van der Waals surface area contributed by atoms with E-state index in [0.29, 0.717) is 17.8 Å². The fourth-order valence-electron chi connectivity index (χ4n) is 2.89. The maximum absolute atomic E-state index is 13.4.